The van der Waals surface area contributed by atoms with Gasteiger partial charge in [-0.15, -0.1) is 0 Å². The zero-order valence-corrected chi connectivity index (χ0v) is 9.95. The van der Waals surface area contributed by atoms with Gasteiger partial charge in [-0.25, -0.2) is 0 Å². The third kappa shape index (κ3) is 2.51. The van der Waals surface area contributed by atoms with Crippen molar-refractivity contribution in [2.45, 2.75) is 32.6 Å². The normalized spacial score (nSPS) is 12.9. The summed E-state index contributed by atoms with van der Waals surface area (Å²) >= 11 is 0. The van der Waals surface area contributed by atoms with Crippen LogP contribution in [0.25, 0.3) is 0 Å². The number of ether oxygens (including phenoxy) is 1. The van der Waals surface area contributed by atoms with Gasteiger partial charge >= 0.3 is 0 Å². The summed E-state index contributed by atoms with van der Waals surface area (Å²) in [6.07, 6.45) is 0. The fourth-order valence-corrected chi connectivity index (χ4v) is 1.75. The molecule has 84 valence electrons. The molecule has 0 heterocycles. The lowest BCUT2D eigenvalue weighted by Crippen LogP contribution is -2.04. The van der Waals surface area contributed by atoms with E-state index >= 15 is 0 Å². The van der Waals surface area contributed by atoms with Crippen molar-refractivity contribution < 1.29 is 9.84 Å². The van der Waals surface area contributed by atoms with Crippen LogP contribution < -0.4 is 4.74 Å². The van der Waals surface area contributed by atoms with E-state index in [1.807, 2.05) is 19.1 Å². The monoisotopic (exact) mass is 208 g/mol. The van der Waals surface area contributed by atoms with Crippen molar-refractivity contribution in [3.05, 3.63) is 29.3 Å². The van der Waals surface area contributed by atoms with Gasteiger partial charge in [0.05, 0.1) is 7.11 Å². The first kappa shape index (κ1) is 12.1. The number of rotatable bonds is 4. The Morgan fingerprint density at radius 2 is 1.80 bits per heavy atom. The van der Waals surface area contributed by atoms with Gasteiger partial charge < -0.3 is 9.84 Å². The molecule has 0 saturated carbocycles. The van der Waals surface area contributed by atoms with E-state index in [1.54, 1.807) is 7.11 Å². The topological polar surface area (TPSA) is 29.5 Å². The summed E-state index contributed by atoms with van der Waals surface area (Å²) in [5.41, 5.74) is 2.29. The van der Waals surface area contributed by atoms with Crippen molar-refractivity contribution in [2.75, 3.05) is 13.7 Å². The number of methoxy groups -OCH3 is 1. The first-order valence-electron chi connectivity index (χ1n) is 5.39. The third-order valence-electron chi connectivity index (χ3n) is 2.71. The molecule has 1 unspecified atom stereocenters. The molecule has 0 aliphatic carbocycles. The van der Waals surface area contributed by atoms with Crippen molar-refractivity contribution in [1.82, 2.24) is 0 Å². The molecule has 1 rings (SSSR count). The van der Waals surface area contributed by atoms with E-state index in [4.69, 9.17) is 4.74 Å². The zero-order chi connectivity index (χ0) is 11.4. The minimum absolute atomic E-state index is 0.124. The standard InChI is InChI=1S/C13H20O2/c1-9(2)11-6-5-7-12(10(3)8-14)13(11)15-4/h5-7,9-10,14H,8H2,1-4H3. The molecule has 2 nitrogen and oxygen atoms in total. The maximum atomic E-state index is 9.18. The van der Waals surface area contributed by atoms with Crippen molar-refractivity contribution in [1.29, 1.82) is 0 Å². The lowest BCUT2D eigenvalue weighted by Gasteiger charge is -2.18. The summed E-state index contributed by atoms with van der Waals surface area (Å²) in [7, 11) is 1.69. The molecular weight excluding hydrogens is 188 g/mol. The van der Waals surface area contributed by atoms with Crippen molar-refractivity contribution >= 4 is 0 Å². The molecule has 1 aromatic rings. The van der Waals surface area contributed by atoms with Gasteiger partial charge in [0, 0.05) is 12.5 Å². The molecule has 0 aliphatic rings. The van der Waals surface area contributed by atoms with Gasteiger partial charge in [0.15, 0.2) is 0 Å². The van der Waals surface area contributed by atoms with Crippen LogP contribution in [0.15, 0.2) is 18.2 Å². The molecular formula is C13H20O2. The number of para-hydroxylation sites is 1. The number of hydrogen-bond donors (Lipinski definition) is 1. The van der Waals surface area contributed by atoms with Gasteiger partial charge in [-0.3, -0.25) is 0 Å². The Balaban J connectivity index is 3.22. The molecule has 1 N–H and O–H groups in total. The van der Waals surface area contributed by atoms with Crippen LogP contribution in [-0.4, -0.2) is 18.8 Å². The average Bonchev–Trinajstić information content (AvgIpc) is 2.26. The van der Waals surface area contributed by atoms with Crippen LogP contribution in [0.3, 0.4) is 0 Å². The highest BCUT2D eigenvalue weighted by Gasteiger charge is 2.15. The van der Waals surface area contributed by atoms with Crippen LogP contribution in [0.2, 0.25) is 0 Å². The maximum Gasteiger partial charge on any atom is 0.125 e. The highest BCUT2D eigenvalue weighted by atomic mass is 16.5. The molecule has 1 aromatic carbocycles. The van der Waals surface area contributed by atoms with Crippen LogP contribution in [0.5, 0.6) is 5.75 Å². The molecule has 15 heavy (non-hydrogen) atoms. The maximum absolute atomic E-state index is 9.18. The predicted molar refractivity (Wildman–Crippen MR) is 62.6 cm³/mol. The minimum Gasteiger partial charge on any atom is -0.496 e. The van der Waals surface area contributed by atoms with Gasteiger partial charge in [0.1, 0.15) is 5.75 Å². The Morgan fingerprint density at radius 1 is 1.20 bits per heavy atom. The largest absolute Gasteiger partial charge is 0.496 e. The molecule has 0 saturated heterocycles. The van der Waals surface area contributed by atoms with Crippen LogP contribution in [-0.2, 0) is 0 Å². The summed E-state index contributed by atoms with van der Waals surface area (Å²) in [6.45, 7) is 6.44. The number of hydrogen-bond acceptors (Lipinski definition) is 2. The fourth-order valence-electron chi connectivity index (χ4n) is 1.75. The summed E-state index contributed by atoms with van der Waals surface area (Å²) in [6, 6.07) is 6.13. The second kappa shape index (κ2) is 5.17. The Kier molecular flexibility index (Phi) is 4.15. The third-order valence-corrected chi connectivity index (χ3v) is 2.71. The van der Waals surface area contributed by atoms with Crippen LogP contribution in [0.4, 0.5) is 0 Å². The second-order valence-corrected chi connectivity index (χ2v) is 4.21. The van der Waals surface area contributed by atoms with E-state index in [-0.39, 0.29) is 12.5 Å². The van der Waals surface area contributed by atoms with Gasteiger partial charge in [0.2, 0.25) is 0 Å². The van der Waals surface area contributed by atoms with Crippen molar-refractivity contribution in [3.63, 3.8) is 0 Å². The van der Waals surface area contributed by atoms with E-state index in [2.05, 4.69) is 19.9 Å². The zero-order valence-electron chi connectivity index (χ0n) is 9.95. The van der Waals surface area contributed by atoms with Crippen LogP contribution in [0.1, 0.15) is 43.7 Å². The van der Waals surface area contributed by atoms with E-state index < -0.39 is 0 Å². The Bertz CT molecular complexity index is 318. The quantitative estimate of drug-likeness (QED) is 0.824. The predicted octanol–water partition coefficient (Wildman–Crippen LogP) is 2.91. The van der Waals surface area contributed by atoms with Gasteiger partial charge in [-0.1, -0.05) is 39.0 Å². The molecule has 0 radical (unpaired) electrons. The van der Waals surface area contributed by atoms with Gasteiger partial charge in [-0.2, -0.15) is 0 Å². The van der Waals surface area contributed by atoms with Crippen LogP contribution >= 0.6 is 0 Å². The molecule has 1 atom stereocenters. The molecule has 0 aromatic heterocycles. The van der Waals surface area contributed by atoms with Gasteiger partial charge in [-0.05, 0) is 17.0 Å². The number of benzene rings is 1. The van der Waals surface area contributed by atoms with Gasteiger partial charge in [0.25, 0.3) is 0 Å². The molecule has 0 bridgehead atoms. The lowest BCUT2D eigenvalue weighted by atomic mass is 9.93. The highest BCUT2D eigenvalue weighted by Crippen LogP contribution is 2.33. The van der Waals surface area contributed by atoms with E-state index in [0.717, 1.165) is 11.3 Å². The minimum atomic E-state index is 0.124. The van der Waals surface area contributed by atoms with Crippen LogP contribution in [0, 0.1) is 0 Å². The SMILES string of the molecule is COc1c(C(C)C)cccc1C(C)CO. The summed E-state index contributed by atoms with van der Waals surface area (Å²) < 4.78 is 5.45. The van der Waals surface area contributed by atoms with E-state index in [1.165, 1.54) is 5.56 Å². The Labute approximate surface area is 91.9 Å². The first-order valence-corrected chi connectivity index (χ1v) is 5.39. The Hall–Kier alpha value is -1.02. The summed E-state index contributed by atoms with van der Waals surface area (Å²) in [5.74, 6) is 1.48. The molecule has 0 fully saturated rings. The molecule has 0 spiro atoms. The summed E-state index contributed by atoms with van der Waals surface area (Å²) in [4.78, 5) is 0. The van der Waals surface area contributed by atoms with Crippen molar-refractivity contribution in [2.24, 2.45) is 0 Å². The molecule has 2 heteroatoms. The van der Waals surface area contributed by atoms with E-state index in [9.17, 15) is 5.11 Å². The first-order chi connectivity index (χ1) is 7.11. The number of aliphatic hydroxyl groups is 1. The average molecular weight is 208 g/mol. The lowest BCUT2D eigenvalue weighted by molar-refractivity contribution is 0.269. The number of aliphatic hydroxyl groups excluding tert-OH is 1. The summed E-state index contributed by atoms with van der Waals surface area (Å²) in [5, 5.41) is 9.18. The second-order valence-electron chi connectivity index (χ2n) is 4.21. The van der Waals surface area contributed by atoms with E-state index in [0.29, 0.717) is 5.92 Å². The fraction of sp³-hybridized carbons (Fsp3) is 0.538. The smallest absolute Gasteiger partial charge is 0.125 e. The molecule has 0 amide bonds. The molecule has 0 aliphatic heterocycles. The Morgan fingerprint density at radius 3 is 2.27 bits per heavy atom. The highest BCUT2D eigenvalue weighted by molar-refractivity contribution is 5.45. The van der Waals surface area contributed by atoms with Crippen molar-refractivity contribution in [3.8, 4) is 5.75 Å².